The number of carbonyl (C=O) groups excluding carboxylic acids is 2. The Morgan fingerprint density at radius 3 is 1.57 bits per heavy atom. The van der Waals surface area contributed by atoms with Crippen molar-refractivity contribution in [2.75, 3.05) is 74.3 Å². The van der Waals surface area contributed by atoms with Crippen LogP contribution in [0, 0.1) is 0 Å². The first-order valence-corrected chi connectivity index (χ1v) is 9.80. The van der Waals surface area contributed by atoms with Gasteiger partial charge in [-0.3, -0.25) is 4.18 Å². The third-order valence-corrected chi connectivity index (χ3v) is 3.39. The van der Waals surface area contributed by atoms with E-state index in [0.717, 1.165) is 6.26 Å². The molecule has 0 aliphatic carbocycles. The zero-order valence-electron chi connectivity index (χ0n) is 16.7. The summed E-state index contributed by atoms with van der Waals surface area (Å²) in [6.07, 6.45) is -0.579. The molecule has 0 aromatic carbocycles. The summed E-state index contributed by atoms with van der Waals surface area (Å²) in [6.45, 7) is 0.148. The van der Waals surface area contributed by atoms with Crippen LogP contribution in [0.1, 0.15) is 0 Å². The molecule has 0 bridgehead atoms. The smallest absolute Gasteiger partial charge is 0.337 e. The molecule has 0 aromatic rings. The Morgan fingerprint density at radius 2 is 1.25 bits per heavy atom. The molecule has 1 N–H and O–H groups in total. The van der Waals surface area contributed by atoms with E-state index < -0.39 is 34.3 Å². The first-order valence-electron chi connectivity index (χ1n) is 7.98. The zero-order valence-corrected chi connectivity index (χ0v) is 17.6. The second-order valence-corrected chi connectivity index (χ2v) is 6.54. The van der Waals surface area contributed by atoms with Gasteiger partial charge in [0.15, 0.2) is 12.2 Å². The second kappa shape index (κ2) is 17.7. The fraction of sp³-hybridized carbons (Fsp3) is 0.867. The van der Waals surface area contributed by atoms with Crippen molar-refractivity contribution in [2.45, 2.75) is 12.2 Å². The number of carbonyl (C=O) groups is 2. The lowest BCUT2D eigenvalue weighted by Crippen LogP contribution is -2.30. The van der Waals surface area contributed by atoms with Crippen molar-refractivity contribution in [3.05, 3.63) is 0 Å². The molecule has 0 aromatic heterocycles. The summed E-state index contributed by atoms with van der Waals surface area (Å²) in [5, 5.41) is 8.37. The maximum absolute atomic E-state index is 11.0. The molecule has 0 heterocycles. The van der Waals surface area contributed by atoms with Gasteiger partial charge in [0.25, 0.3) is 10.1 Å². The molecule has 168 valence electrons. The summed E-state index contributed by atoms with van der Waals surface area (Å²) in [5.74, 6) is -1.03. The predicted octanol–water partition coefficient (Wildman–Crippen LogP) is -1.65. The molecule has 28 heavy (non-hydrogen) atoms. The van der Waals surface area contributed by atoms with Crippen molar-refractivity contribution in [3.63, 3.8) is 0 Å². The average Bonchev–Trinajstić information content (AvgIpc) is 2.66. The Kier molecular flexibility index (Phi) is 18.3. The van der Waals surface area contributed by atoms with Crippen LogP contribution in [0.15, 0.2) is 0 Å². The Morgan fingerprint density at radius 1 is 0.821 bits per heavy atom. The summed E-state index contributed by atoms with van der Waals surface area (Å²) >= 11 is 0. The molecule has 2 atom stereocenters. The van der Waals surface area contributed by atoms with Gasteiger partial charge in [0.1, 0.15) is 0 Å². The van der Waals surface area contributed by atoms with Crippen LogP contribution in [0.4, 0.5) is 0 Å². The Hall–Kier alpha value is -1.35. The largest absolute Gasteiger partial charge is 0.467 e. The molecule has 0 fully saturated rings. The Labute approximate surface area is 165 Å². The lowest BCUT2D eigenvalue weighted by atomic mass is 10.4. The van der Waals surface area contributed by atoms with Crippen LogP contribution in [0.5, 0.6) is 0 Å². The second-order valence-electron chi connectivity index (χ2n) is 4.89. The minimum Gasteiger partial charge on any atom is -0.467 e. The topological polar surface area (TPSA) is 153 Å². The number of esters is 2. The highest BCUT2D eigenvalue weighted by Gasteiger charge is 2.18. The van der Waals surface area contributed by atoms with Gasteiger partial charge < -0.3 is 33.5 Å². The number of hydrogen-bond acceptors (Lipinski definition) is 12. The zero-order chi connectivity index (χ0) is 22.0. The van der Waals surface area contributed by atoms with Crippen molar-refractivity contribution in [3.8, 4) is 0 Å². The first kappa shape index (κ1) is 28.9. The molecule has 0 amide bonds. The maximum Gasteiger partial charge on any atom is 0.337 e. The molecule has 0 aliphatic rings. The predicted molar refractivity (Wildman–Crippen MR) is 95.1 cm³/mol. The van der Waals surface area contributed by atoms with Gasteiger partial charge in [-0.2, -0.15) is 8.42 Å². The van der Waals surface area contributed by atoms with Crippen molar-refractivity contribution >= 4 is 22.1 Å². The monoisotopic (exact) mass is 434 g/mol. The SMILES string of the molecule is COC(=O)C(COCCO)OC.COC(=O)C(COCCOS(C)(=O)=O)OC. The molecule has 13 heteroatoms. The molecule has 0 saturated carbocycles. The molecule has 12 nitrogen and oxygen atoms in total. The number of ether oxygens (including phenoxy) is 6. The molecule has 0 aliphatic heterocycles. The minimum absolute atomic E-state index is 0.0176. The Balaban J connectivity index is 0. The molecule has 0 rings (SSSR count). The number of hydrogen-bond donors (Lipinski definition) is 1. The normalized spacial score (nSPS) is 13.1. The molecule has 0 saturated heterocycles. The highest BCUT2D eigenvalue weighted by Crippen LogP contribution is 1.96. The summed E-state index contributed by atoms with van der Waals surface area (Å²) in [4.78, 5) is 21.9. The van der Waals surface area contributed by atoms with Crippen LogP contribution >= 0.6 is 0 Å². The van der Waals surface area contributed by atoms with E-state index in [1.807, 2.05) is 0 Å². The van der Waals surface area contributed by atoms with E-state index in [1.165, 1.54) is 28.4 Å². The highest BCUT2D eigenvalue weighted by atomic mass is 32.2. The summed E-state index contributed by atoms with van der Waals surface area (Å²) < 4.78 is 53.9. The van der Waals surface area contributed by atoms with Crippen molar-refractivity contribution in [2.24, 2.45) is 0 Å². The van der Waals surface area contributed by atoms with E-state index in [-0.39, 0.29) is 39.6 Å². The van der Waals surface area contributed by atoms with E-state index in [2.05, 4.69) is 13.7 Å². The van der Waals surface area contributed by atoms with E-state index in [4.69, 9.17) is 24.1 Å². The quantitative estimate of drug-likeness (QED) is 0.189. The van der Waals surface area contributed by atoms with Gasteiger partial charge in [-0.1, -0.05) is 0 Å². The van der Waals surface area contributed by atoms with Gasteiger partial charge in [-0.25, -0.2) is 9.59 Å². The van der Waals surface area contributed by atoms with E-state index in [1.54, 1.807) is 0 Å². The standard InChI is InChI=1S/C8H16O7S.C7H14O5/c1-12-7(8(9)13-2)6-14-4-5-15-16(3,10)11;1-10-6(7(9)11-2)5-12-4-3-8/h7H,4-6H2,1-3H3;6,8H,3-5H2,1-2H3. The van der Waals surface area contributed by atoms with Gasteiger partial charge in [0.2, 0.25) is 0 Å². The van der Waals surface area contributed by atoms with Gasteiger partial charge in [0.05, 0.1) is 60.1 Å². The lowest BCUT2D eigenvalue weighted by molar-refractivity contribution is -0.156. The third kappa shape index (κ3) is 16.8. The van der Waals surface area contributed by atoms with E-state index >= 15 is 0 Å². The van der Waals surface area contributed by atoms with E-state index in [9.17, 15) is 18.0 Å². The summed E-state index contributed by atoms with van der Waals surface area (Å²) in [5.41, 5.74) is 0. The molecule has 2 unspecified atom stereocenters. The van der Waals surface area contributed by atoms with Gasteiger partial charge in [-0.05, 0) is 0 Å². The molecule has 0 radical (unpaired) electrons. The summed E-state index contributed by atoms with van der Waals surface area (Å²) in [7, 11) is 1.80. The van der Waals surface area contributed by atoms with Gasteiger partial charge in [-0.15, -0.1) is 0 Å². The minimum atomic E-state index is -3.45. The van der Waals surface area contributed by atoms with Crippen molar-refractivity contribution in [1.82, 2.24) is 0 Å². The highest BCUT2D eigenvalue weighted by molar-refractivity contribution is 7.85. The first-order chi connectivity index (χ1) is 13.2. The van der Waals surface area contributed by atoms with Gasteiger partial charge in [0, 0.05) is 14.2 Å². The average molecular weight is 434 g/mol. The van der Waals surface area contributed by atoms with Crippen molar-refractivity contribution in [1.29, 1.82) is 0 Å². The molecular weight excluding hydrogens is 404 g/mol. The van der Waals surface area contributed by atoms with Crippen molar-refractivity contribution < 1.29 is 55.7 Å². The maximum atomic E-state index is 11.0. The number of aliphatic hydroxyl groups is 1. The molecule has 0 spiro atoms. The Bertz CT molecular complexity index is 507. The van der Waals surface area contributed by atoms with Crippen LogP contribution in [0.2, 0.25) is 0 Å². The fourth-order valence-electron chi connectivity index (χ4n) is 1.42. The third-order valence-electron chi connectivity index (χ3n) is 2.80. The number of aliphatic hydroxyl groups excluding tert-OH is 1. The van der Waals surface area contributed by atoms with Gasteiger partial charge >= 0.3 is 11.9 Å². The lowest BCUT2D eigenvalue weighted by Gasteiger charge is -2.12. The van der Waals surface area contributed by atoms with Crippen LogP contribution in [-0.4, -0.2) is 112 Å². The van der Waals surface area contributed by atoms with Crippen LogP contribution in [0.25, 0.3) is 0 Å². The van der Waals surface area contributed by atoms with E-state index in [0.29, 0.717) is 0 Å². The molecular formula is C15H30O12S. The van der Waals surface area contributed by atoms with Crippen LogP contribution in [0.3, 0.4) is 0 Å². The van der Waals surface area contributed by atoms with Crippen LogP contribution < -0.4 is 0 Å². The van der Waals surface area contributed by atoms with Crippen LogP contribution in [-0.2, 0) is 52.3 Å². The number of methoxy groups -OCH3 is 4. The summed E-state index contributed by atoms with van der Waals surface area (Å²) in [6, 6.07) is 0. The fourth-order valence-corrected chi connectivity index (χ4v) is 1.79. The number of rotatable bonds is 14.